The zero-order valence-corrected chi connectivity index (χ0v) is 21.8. The van der Waals surface area contributed by atoms with Crippen LogP contribution in [-0.2, 0) is 14.4 Å². The predicted molar refractivity (Wildman–Crippen MR) is 138 cm³/mol. The van der Waals surface area contributed by atoms with Crippen LogP contribution in [0.2, 0.25) is 5.02 Å². The highest BCUT2D eigenvalue weighted by molar-refractivity contribution is 6.31. The van der Waals surface area contributed by atoms with Gasteiger partial charge in [0.05, 0.1) is 18.7 Å². The fourth-order valence-corrected chi connectivity index (χ4v) is 7.27. The first-order valence-corrected chi connectivity index (χ1v) is 13.6. The Kier molecular flexibility index (Phi) is 6.34. The molecule has 10 nitrogen and oxygen atoms in total. The molecule has 38 heavy (non-hydrogen) atoms. The Bertz CT molecular complexity index is 1330. The van der Waals surface area contributed by atoms with Crippen molar-refractivity contribution in [2.24, 2.45) is 29.6 Å². The molecule has 3 amide bonds. The zero-order valence-electron chi connectivity index (χ0n) is 21.0. The van der Waals surface area contributed by atoms with E-state index >= 15 is 0 Å². The molecule has 1 aromatic carbocycles. The molecule has 4 fully saturated rings. The number of halogens is 1. The highest BCUT2D eigenvalue weighted by Gasteiger charge is 2.62. The van der Waals surface area contributed by atoms with E-state index in [4.69, 9.17) is 16.3 Å². The lowest BCUT2D eigenvalue weighted by Gasteiger charge is -2.29. The molecule has 2 saturated heterocycles. The van der Waals surface area contributed by atoms with Gasteiger partial charge in [-0.05, 0) is 67.6 Å². The van der Waals surface area contributed by atoms with Gasteiger partial charge in [-0.15, -0.1) is 0 Å². The van der Waals surface area contributed by atoms with Gasteiger partial charge in [-0.1, -0.05) is 11.6 Å². The summed E-state index contributed by atoms with van der Waals surface area (Å²) in [5.74, 6) is 0.0876. The second-order valence-electron chi connectivity index (χ2n) is 11.1. The Balaban J connectivity index is 1.27. The quantitative estimate of drug-likeness (QED) is 0.398. The van der Waals surface area contributed by atoms with Crippen molar-refractivity contribution in [3.8, 4) is 5.75 Å². The highest BCUT2D eigenvalue weighted by atomic mass is 35.5. The van der Waals surface area contributed by atoms with Gasteiger partial charge < -0.3 is 30.4 Å². The maximum Gasteiger partial charge on any atom is 0.271 e. The minimum Gasteiger partial charge on any atom is -0.496 e. The Morgan fingerprint density at radius 1 is 1.21 bits per heavy atom. The number of hydrogen-bond donors (Lipinski definition) is 4. The lowest BCUT2D eigenvalue weighted by Crippen LogP contribution is -2.53. The van der Waals surface area contributed by atoms with Gasteiger partial charge in [0.2, 0.25) is 11.8 Å². The van der Waals surface area contributed by atoms with Crippen LogP contribution in [-0.4, -0.2) is 77.4 Å². The minimum absolute atomic E-state index is 0.00992. The van der Waals surface area contributed by atoms with E-state index in [1.54, 1.807) is 23.1 Å². The number of likely N-dealkylation sites (tertiary alicyclic amines) is 1. The number of benzene rings is 1. The number of aromatic nitrogens is 1. The summed E-state index contributed by atoms with van der Waals surface area (Å²) in [6.07, 6.45) is 2.69. The number of carbonyl (C=O) groups is 4. The van der Waals surface area contributed by atoms with Crippen LogP contribution < -0.4 is 15.4 Å². The third kappa shape index (κ3) is 4.23. The fraction of sp³-hybridized carbons (Fsp3) is 0.556. The first kappa shape index (κ1) is 25.2. The molecule has 0 spiro atoms. The molecule has 4 N–H and O–H groups in total. The Hall–Kier alpha value is -3.11. The van der Waals surface area contributed by atoms with Gasteiger partial charge in [0.1, 0.15) is 24.1 Å². The number of aliphatic hydroxyl groups is 1. The van der Waals surface area contributed by atoms with Crippen LogP contribution >= 0.6 is 11.6 Å². The topological polar surface area (TPSA) is 141 Å². The number of aliphatic hydroxyl groups excluding tert-OH is 1. The number of hydrogen-bond acceptors (Lipinski definition) is 6. The fourth-order valence-electron chi connectivity index (χ4n) is 7.06. The molecule has 0 bridgehead atoms. The third-order valence-electron chi connectivity index (χ3n) is 8.99. The molecule has 2 unspecified atom stereocenters. The Morgan fingerprint density at radius 2 is 2.00 bits per heavy atom. The number of nitrogens with zero attached hydrogens (tertiary/aromatic N) is 1. The van der Waals surface area contributed by atoms with Gasteiger partial charge in [0, 0.05) is 29.4 Å². The molecule has 7 atom stereocenters. The molecule has 1 aromatic heterocycles. The second kappa shape index (κ2) is 9.57. The summed E-state index contributed by atoms with van der Waals surface area (Å²) in [6, 6.07) is 3.39. The molecule has 2 aliphatic carbocycles. The molecule has 202 valence electrons. The van der Waals surface area contributed by atoms with Crippen molar-refractivity contribution in [2.75, 3.05) is 26.8 Å². The first-order valence-electron chi connectivity index (χ1n) is 13.2. The number of ether oxygens (including phenoxy) is 1. The van der Waals surface area contributed by atoms with Crippen molar-refractivity contribution in [3.63, 3.8) is 0 Å². The van der Waals surface area contributed by atoms with Crippen LogP contribution in [0.1, 0.15) is 36.2 Å². The summed E-state index contributed by atoms with van der Waals surface area (Å²) in [5, 5.41) is 16.3. The van der Waals surface area contributed by atoms with E-state index in [0.717, 1.165) is 12.8 Å². The molecule has 2 aliphatic heterocycles. The number of rotatable bonds is 8. The average molecular weight is 543 g/mol. The third-order valence-corrected chi connectivity index (χ3v) is 9.21. The van der Waals surface area contributed by atoms with Gasteiger partial charge >= 0.3 is 0 Å². The van der Waals surface area contributed by atoms with Crippen molar-refractivity contribution in [2.45, 2.75) is 37.8 Å². The molecule has 2 aromatic rings. The summed E-state index contributed by atoms with van der Waals surface area (Å²) in [7, 11) is 1.53. The molecule has 3 heterocycles. The lowest BCUT2D eigenvalue weighted by atomic mass is 9.88. The lowest BCUT2D eigenvalue weighted by molar-refractivity contribution is -0.133. The van der Waals surface area contributed by atoms with Gasteiger partial charge in [-0.2, -0.15) is 0 Å². The van der Waals surface area contributed by atoms with Crippen LogP contribution in [0.5, 0.6) is 5.75 Å². The number of ketones is 1. The number of aromatic amines is 1. The van der Waals surface area contributed by atoms with Crippen molar-refractivity contribution in [1.82, 2.24) is 20.5 Å². The number of nitrogens with one attached hydrogen (secondary N) is 3. The van der Waals surface area contributed by atoms with Crippen LogP contribution in [0, 0.1) is 29.6 Å². The monoisotopic (exact) mass is 542 g/mol. The van der Waals surface area contributed by atoms with Crippen LogP contribution in [0.4, 0.5) is 0 Å². The summed E-state index contributed by atoms with van der Waals surface area (Å²) in [4.78, 5) is 57.1. The standard InChI is InChI=1S/C27H31ClN4O6/c1-38-23-8-14(28)7-19-17(23)9-21(30-19)27(37)32-10-18-15-4-13(15)5-16(18)24(32)26(36)31-20(22(34)11-33)6-12-2-3-29-25(12)35/h7-9,12-13,15-16,18,20,24,30,33H,2-6,10-11H2,1H3,(H,29,35)(H,31,36)/t12-,13?,15-,16-,18+,20?,24-/m0/s1. The van der Waals surface area contributed by atoms with Gasteiger partial charge in [0.15, 0.2) is 5.78 Å². The van der Waals surface area contributed by atoms with Gasteiger partial charge in [-0.3, -0.25) is 19.2 Å². The van der Waals surface area contributed by atoms with Crippen molar-refractivity contribution < 1.29 is 29.0 Å². The van der Waals surface area contributed by atoms with E-state index in [1.807, 2.05) is 0 Å². The highest BCUT2D eigenvalue weighted by Crippen LogP contribution is 2.62. The van der Waals surface area contributed by atoms with E-state index < -0.39 is 36.3 Å². The number of carbonyl (C=O) groups excluding carboxylic acids is 4. The van der Waals surface area contributed by atoms with Gasteiger partial charge in [0.25, 0.3) is 5.91 Å². The Morgan fingerprint density at radius 3 is 2.71 bits per heavy atom. The largest absolute Gasteiger partial charge is 0.496 e. The zero-order chi connectivity index (χ0) is 26.7. The predicted octanol–water partition coefficient (Wildman–Crippen LogP) is 1.50. The number of Topliss-reactive ketones (excluding diaryl/α,β-unsaturated/α-hetero) is 1. The number of amides is 3. The SMILES string of the molecule is COc1cc(Cl)cc2[nH]c(C(=O)N3C[C@H]4[C@H](CC5C[C@@H]54)[C@H]3C(=O)NC(C[C@@H]3CCNC3=O)C(=O)CO)cc12. The molecule has 11 heteroatoms. The van der Waals surface area contributed by atoms with Crippen LogP contribution in [0.3, 0.4) is 0 Å². The average Bonchev–Trinajstić information content (AvgIpc) is 3.25. The maximum absolute atomic E-state index is 13.8. The molecule has 4 aliphatic rings. The van der Waals surface area contributed by atoms with Crippen molar-refractivity contribution in [1.29, 1.82) is 0 Å². The summed E-state index contributed by atoms with van der Waals surface area (Å²) in [6.45, 7) is 0.261. The minimum atomic E-state index is -0.993. The van der Waals surface area contributed by atoms with E-state index in [9.17, 15) is 24.3 Å². The number of H-pyrrole nitrogens is 1. The summed E-state index contributed by atoms with van der Waals surface area (Å²) >= 11 is 6.21. The van der Waals surface area contributed by atoms with Crippen molar-refractivity contribution >= 4 is 46.0 Å². The molecule has 6 rings (SSSR count). The van der Waals surface area contributed by atoms with Gasteiger partial charge in [-0.25, -0.2) is 0 Å². The maximum atomic E-state index is 13.8. The van der Waals surface area contributed by atoms with E-state index in [1.165, 1.54) is 7.11 Å². The van der Waals surface area contributed by atoms with Crippen LogP contribution in [0.15, 0.2) is 18.2 Å². The van der Waals surface area contributed by atoms with E-state index in [0.29, 0.717) is 58.7 Å². The first-order chi connectivity index (χ1) is 18.3. The molecular formula is C27H31ClN4O6. The molecular weight excluding hydrogens is 512 g/mol. The van der Waals surface area contributed by atoms with E-state index in [-0.39, 0.29) is 30.1 Å². The summed E-state index contributed by atoms with van der Waals surface area (Å²) in [5.41, 5.74) is 0.986. The molecule has 0 radical (unpaired) electrons. The normalized spacial score (nSPS) is 30.1. The second-order valence-corrected chi connectivity index (χ2v) is 11.5. The Labute approximate surface area is 224 Å². The van der Waals surface area contributed by atoms with Crippen molar-refractivity contribution in [3.05, 3.63) is 28.9 Å². The number of methoxy groups -OCH3 is 1. The number of fused-ring (bicyclic) bond motifs is 4. The smallest absolute Gasteiger partial charge is 0.271 e. The van der Waals surface area contributed by atoms with Crippen LogP contribution in [0.25, 0.3) is 10.9 Å². The van der Waals surface area contributed by atoms with E-state index in [2.05, 4.69) is 15.6 Å². The molecule has 2 saturated carbocycles. The summed E-state index contributed by atoms with van der Waals surface area (Å²) < 4.78 is 5.43.